The summed E-state index contributed by atoms with van der Waals surface area (Å²) in [4.78, 5) is 55.3. The Labute approximate surface area is 271 Å². The van der Waals surface area contributed by atoms with E-state index in [0.29, 0.717) is 28.3 Å². The lowest BCUT2D eigenvalue weighted by Gasteiger charge is -2.11. The van der Waals surface area contributed by atoms with Gasteiger partial charge in [0.15, 0.2) is 0 Å². The van der Waals surface area contributed by atoms with Gasteiger partial charge in [0, 0.05) is 63.1 Å². The number of amides is 2. The van der Waals surface area contributed by atoms with Crippen LogP contribution in [0, 0.1) is 25.7 Å². The number of carbonyl (C=O) groups excluding carboxylic acids is 2. The Bertz CT molecular complexity index is 1770. The van der Waals surface area contributed by atoms with Crippen LogP contribution in [0.15, 0.2) is 17.3 Å². The monoisotopic (exact) mass is 652 g/mol. The molecule has 2 amide bonds. The maximum absolute atomic E-state index is 12.6. The first-order chi connectivity index (χ1) is 21.3. The molecule has 45 heavy (non-hydrogen) atoms. The van der Waals surface area contributed by atoms with Gasteiger partial charge in [0.05, 0.1) is 16.7 Å². The SMILES string of the molecule is Cc1c(/C=C2\NC(=O)[C@H](C)[C@]23S[C@H]3C)[nH]c(/C=c2/[nH]/c(=C/[C@H]3NC(=O)/C(=C/CS)C3C)c(C)c2CCC(=O)O)c1CCC(=O)O. The van der Waals surface area contributed by atoms with Gasteiger partial charge in [-0.3, -0.25) is 19.2 Å². The van der Waals surface area contributed by atoms with Gasteiger partial charge < -0.3 is 30.8 Å². The molecule has 3 aliphatic heterocycles. The molecule has 240 valence electrons. The molecule has 2 aromatic heterocycles. The van der Waals surface area contributed by atoms with Crippen LogP contribution in [0.1, 0.15) is 67.3 Å². The molecule has 5 rings (SSSR count). The summed E-state index contributed by atoms with van der Waals surface area (Å²) in [6, 6.07) is -0.253. The van der Waals surface area contributed by atoms with Crippen molar-refractivity contribution in [1.29, 1.82) is 0 Å². The van der Waals surface area contributed by atoms with E-state index >= 15 is 0 Å². The highest BCUT2D eigenvalue weighted by atomic mass is 32.2. The number of thioether (sulfide) groups is 1. The minimum absolute atomic E-state index is 0.00471. The molecule has 2 aromatic rings. The van der Waals surface area contributed by atoms with Crippen LogP contribution in [0.2, 0.25) is 0 Å². The minimum atomic E-state index is -0.911. The summed E-state index contributed by atoms with van der Waals surface area (Å²) >= 11 is 6.00. The zero-order chi connectivity index (χ0) is 32.8. The van der Waals surface area contributed by atoms with Gasteiger partial charge in [-0.25, -0.2) is 0 Å². The van der Waals surface area contributed by atoms with Crippen LogP contribution in [0.4, 0.5) is 0 Å². The largest absolute Gasteiger partial charge is 0.481 e. The smallest absolute Gasteiger partial charge is 0.303 e. The standard InChI is InChI=1S/C33H40N4O6S2/c1-15-20(6-8-29(38)39)26(34-23(15)12-24-17(3)22(10-11-44)32(43)36-24)13-27-21(7-9-30(40)41)16(2)25(35-27)14-28-33(19(5)45-33)18(4)31(42)37-28/h10,12-14,17-19,24,34-35,44H,6-9,11H2,1-5H3,(H,36,43)(H,37,42)(H,38,39)(H,40,41)/b22-10+,23-12+,26-13+,28-14-/t17?,18-,19-,24+,33+/m0/s1. The molecule has 1 spiro atoms. The predicted molar refractivity (Wildman–Crippen MR) is 178 cm³/mol. The summed E-state index contributed by atoms with van der Waals surface area (Å²) < 4.78 is -0.278. The van der Waals surface area contributed by atoms with E-state index in [-0.39, 0.29) is 53.7 Å². The van der Waals surface area contributed by atoms with E-state index in [1.54, 1.807) is 11.8 Å². The summed E-state index contributed by atoms with van der Waals surface area (Å²) in [5.74, 6) is -1.71. The molecule has 3 fully saturated rings. The number of aromatic amines is 2. The lowest BCUT2D eigenvalue weighted by molar-refractivity contribution is -0.138. The van der Waals surface area contributed by atoms with Crippen LogP contribution < -0.4 is 21.3 Å². The Kier molecular flexibility index (Phi) is 9.19. The fraction of sp³-hybridized carbons (Fsp3) is 0.455. The molecular weight excluding hydrogens is 613 g/mol. The third-order valence-electron chi connectivity index (χ3n) is 9.54. The van der Waals surface area contributed by atoms with Crippen molar-refractivity contribution in [1.82, 2.24) is 20.6 Å². The van der Waals surface area contributed by atoms with Crippen LogP contribution in [-0.4, -0.2) is 65.7 Å². The Hall–Kier alpha value is -3.64. The molecule has 1 unspecified atom stereocenters. The van der Waals surface area contributed by atoms with Crippen molar-refractivity contribution in [2.75, 3.05) is 5.75 Å². The molecule has 3 aliphatic rings. The molecule has 5 atom stereocenters. The zero-order valence-electron chi connectivity index (χ0n) is 26.0. The quantitative estimate of drug-likeness (QED) is 0.118. The van der Waals surface area contributed by atoms with Gasteiger partial charge >= 0.3 is 11.9 Å². The summed E-state index contributed by atoms with van der Waals surface area (Å²) in [6.07, 6.45) is 8.13. The van der Waals surface area contributed by atoms with E-state index in [9.17, 15) is 29.4 Å². The van der Waals surface area contributed by atoms with Gasteiger partial charge in [0.2, 0.25) is 11.8 Å². The Morgan fingerprint density at radius 1 is 0.933 bits per heavy atom. The lowest BCUT2D eigenvalue weighted by Crippen LogP contribution is -2.28. The molecule has 10 nitrogen and oxygen atoms in total. The number of carboxylic acids is 2. The highest BCUT2D eigenvalue weighted by molar-refractivity contribution is 8.09. The van der Waals surface area contributed by atoms with Crippen molar-refractivity contribution < 1.29 is 29.4 Å². The number of hydrogen-bond donors (Lipinski definition) is 7. The van der Waals surface area contributed by atoms with E-state index in [1.165, 1.54) is 0 Å². The number of aliphatic carboxylic acids is 2. The highest BCUT2D eigenvalue weighted by Crippen LogP contribution is 2.64. The predicted octanol–water partition coefficient (Wildman–Crippen LogP) is 2.57. The number of H-pyrrole nitrogens is 2. The van der Waals surface area contributed by atoms with Gasteiger partial charge in [-0.2, -0.15) is 12.6 Å². The molecule has 5 heterocycles. The van der Waals surface area contributed by atoms with E-state index in [1.807, 2.05) is 52.0 Å². The van der Waals surface area contributed by atoms with Crippen molar-refractivity contribution in [3.63, 3.8) is 0 Å². The number of aromatic nitrogens is 2. The molecule has 0 saturated carbocycles. The number of carboxylic acid groups (broad SMARTS) is 2. The summed E-state index contributed by atoms with van der Waals surface area (Å²) in [7, 11) is 0. The number of thiol groups is 1. The van der Waals surface area contributed by atoms with Crippen LogP contribution >= 0.6 is 24.4 Å². The molecule has 0 aliphatic carbocycles. The van der Waals surface area contributed by atoms with E-state index < -0.39 is 11.9 Å². The van der Waals surface area contributed by atoms with E-state index in [0.717, 1.165) is 44.7 Å². The van der Waals surface area contributed by atoms with Crippen LogP contribution in [0.3, 0.4) is 0 Å². The minimum Gasteiger partial charge on any atom is -0.481 e. The third-order valence-corrected chi connectivity index (χ3v) is 11.5. The molecule has 0 radical (unpaired) electrons. The molecule has 0 aromatic carbocycles. The fourth-order valence-electron chi connectivity index (χ4n) is 6.73. The van der Waals surface area contributed by atoms with Crippen molar-refractivity contribution in [2.45, 2.75) is 76.3 Å². The van der Waals surface area contributed by atoms with Crippen molar-refractivity contribution >= 4 is 66.4 Å². The normalized spacial score (nSPS) is 28.5. The summed E-state index contributed by atoms with van der Waals surface area (Å²) in [6.45, 7) is 9.92. The van der Waals surface area contributed by atoms with Crippen LogP contribution in [0.25, 0.3) is 18.2 Å². The van der Waals surface area contributed by atoms with Crippen LogP contribution in [-0.2, 0) is 32.0 Å². The second-order valence-corrected chi connectivity index (χ2v) is 14.1. The molecule has 0 bridgehead atoms. The van der Waals surface area contributed by atoms with Crippen LogP contribution in [0.5, 0.6) is 0 Å². The van der Waals surface area contributed by atoms with E-state index in [2.05, 4.69) is 40.2 Å². The van der Waals surface area contributed by atoms with Crippen molar-refractivity contribution in [2.24, 2.45) is 11.8 Å². The first-order valence-electron chi connectivity index (χ1n) is 15.2. The third kappa shape index (κ3) is 6.14. The number of nitrogens with one attached hydrogen (secondary N) is 4. The molecule has 12 heteroatoms. The average molecular weight is 653 g/mol. The first kappa shape index (κ1) is 32.7. The number of hydrogen-bond acceptors (Lipinski definition) is 6. The van der Waals surface area contributed by atoms with Gasteiger partial charge in [0.1, 0.15) is 0 Å². The lowest BCUT2D eigenvalue weighted by atomic mass is 9.91. The number of carbonyl (C=O) groups is 4. The summed E-state index contributed by atoms with van der Waals surface area (Å²) in [5, 5.41) is 26.9. The maximum atomic E-state index is 12.6. The number of rotatable bonds is 10. The molecular formula is C33H40N4O6S2. The van der Waals surface area contributed by atoms with Gasteiger partial charge in [0.25, 0.3) is 0 Å². The first-order valence-corrected chi connectivity index (χ1v) is 16.7. The second-order valence-electron chi connectivity index (χ2n) is 12.2. The highest BCUT2D eigenvalue weighted by Gasteiger charge is 2.65. The van der Waals surface area contributed by atoms with Crippen molar-refractivity contribution in [3.8, 4) is 0 Å². The zero-order valence-corrected chi connectivity index (χ0v) is 27.7. The average Bonchev–Trinajstić information content (AvgIpc) is 3.17. The van der Waals surface area contributed by atoms with Crippen molar-refractivity contribution in [3.05, 3.63) is 61.7 Å². The van der Waals surface area contributed by atoms with Gasteiger partial charge in [-0.05, 0) is 67.2 Å². The summed E-state index contributed by atoms with van der Waals surface area (Å²) in [5.41, 5.74) is 6.51. The maximum Gasteiger partial charge on any atom is 0.303 e. The Balaban J connectivity index is 1.63. The Morgan fingerprint density at radius 2 is 1.58 bits per heavy atom. The second kappa shape index (κ2) is 12.6. The molecule has 3 saturated heterocycles. The van der Waals surface area contributed by atoms with Gasteiger partial charge in [-0.1, -0.05) is 26.8 Å². The molecule has 6 N–H and O–H groups in total. The fourth-order valence-corrected chi connectivity index (χ4v) is 8.32. The van der Waals surface area contributed by atoms with E-state index in [4.69, 9.17) is 0 Å². The topological polar surface area (TPSA) is 164 Å². The van der Waals surface area contributed by atoms with Gasteiger partial charge in [-0.15, -0.1) is 11.8 Å². The Morgan fingerprint density at radius 3 is 2.18 bits per heavy atom.